The number of sulfonamides is 1. The number of nitrogens with zero attached hydrogens (tertiary/aromatic N) is 1. The van der Waals surface area contributed by atoms with Crippen molar-refractivity contribution < 1.29 is 18.3 Å². The number of carboxylic acid groups (broad SMARTS) is 1. The fourth-order valence-corrected chi connectivity index (χ4v) is 6.15. The molecule has 166 valence electrons. The summed E-state index contributed by atoms with van der Waals surface area (Å²) in [6, 6.07) is 7.63. The molecule has 0 radical (unpaired) electrons. The number of benzene rings is 2. The van der Waals surface area contributed by atoms with Crippen LogP contribution in [0.2, 0.25) is 10.0 Å². The number of aliphatic carboxylic acids is 1. The third kappa shape index (κ3) is 4.54. The first-order valence-corrected chi connectivity index (χ1v) is 11.9. The van der Waals surface area contributed by atoms with E-state index >= 15 is 0 Å². The van der Waals surface area contributed by atoms with Crippen LogP contribution in [0.4, 0.5) is 5.69 Å². The lowest BCUT2D eigenvalue weighted by Gasteiger charge is -2.37. The molecule has 0 aliphatic heterocycles. The van der Waals surface area contributed by atoms with Crippen LogP contribution in [-0.4, -0.2) is 30.5 Å². The molecule has 0 aliphatic rings. The van der Waals surface area contributed by atoms with Gasteiger partial charge in [0.1, 0.15) is 6.04 Å². The van der Waals surface area contributed by atoms with Crippen LogP contribution in [0.25, 0.3) is 10.9 Å². The summed E-state index contributed by atoms with van der Waals surface area (Å²) in [6.45, 7) is 7.05. The molecule has 0 amide bonds. The number of hydrogen-bond acceptors (Lipinski definition) is 3. The van der Waals surface area contributed by atoms with E-state index in [0.717, 1.165) is 27.2 Å². The Labute approximate surface area is 191 Å². The van der Waals surface area contributed by atoms with Gasteiger partial charge in [0.15, 0.2) is 0 Å². The Morgan fingerprint density at radius 3 is 2.26 bits per heavy atom. The summed E-state index contributed by atoms with van der Waals surface area (Å²) in [5, 5.41) is 11.2. The van der Waals surface area contributed by atoms with Crippen LogP contribution in [0, 0.1) is 5.41 Å². The molecule has 0 fully saturated rings. The van der Waals surface area contributed by atoms with E-state index in [1.54, 1.807) is 39.0 Å². The first-order chi connectivity index (χ1) is 14.4. The van der Waals surface area contributed by atoms with Gasteiger partial charge in [0, 0.05) is 27.1 Å². The molecule has 0 spiro atoms. The summed E-state index contributed by atoms with van der Waals surface area (Å²) in [6.07, 6.45) is 2.60. The van der Waals surface area contributed by atoms with Gasteiger partial charge in [-0.15, -0.1) is 0 Å². The fourth-order valence-electron chi connectivity index (χ4n) is 3.64. The summed E-state index contributed by atoms with van der Waals surface area (Å²) >= 11 is 12.1. The maximum atomic E-state index is 13.8. The first-order valence-electron chi connectivity index (χ1n) is 9.69. The molecular formula is C22H24Cl2N2O4S. The van der Waals surface area contributed by atoms with Gasteiger partial charge >= 0.3 is 5.97 Å². The van der Waals surface area contributed by atoms with Crippen molar-refractivity contribution in [1.29, 1.82) is 0 Å². The van der Waals surface area contributed by atoms with Crippen molar-refractivity contribution in [2.45, 2.75) is 45.1 Å². The van der Waals surface area contributed by atoms with Gasteiger partial charge in [-0.2, -0.15) is 0 Å². The summed E-state index contributed by atoms with van der Waals surface area (Å²) < 4.78 is 28.6. The molecular weight excluding hydrogens is 459 g/mol. The number of carbonyl (C=O) groups is 1. The van der Waals surface area contributed by atoms with E-state index in [2.05, 4.69) is 4.98 Å². The zero-order valence-electron chi connectivity index (χ0n) is 17.6. The number of anilines is 1. The summed E-state index contributed by atoms with van der Waals surface area (Å²) in [5.41, 5.74) is 1.18. The molecule has 1 aromatic heterocycles. The van der Waals surface area contributed by atoms with Crippen LogP contribution in [0.1, 0.15) is 33.3 Å². The quantitative estimate of drug-likeness (QED) is 0.469. The third-order valence-corrected chi connectivity index (χ3v) is 7.28. The van der Waals surface area contributed by atoms with E-state index < -0.39 is 27.4 Å². The molecule has 0 saturated heterocycles. The van der Waals surface area contributed by atoms with Crippen LogP contribution < -0.4 is 4.31 Å². The van der Waals surface area contributed by atoms with Gasteiger partial charge < -0.3 is 10.1 Å². The van der Waals surface area contributed by atoms with Crippen molar-refractivity contribution in [3.63, 3.8) is 0 Å². The highest BCUT2D eigenvalue weighted by atomic mass is 35.5. The average Bonchev–Trinajstić information content (AvgIpc) is 3.05. The Hall–Kier alpha value is -2.22. The topological polar surface area (TPSA) is 90.5 Å². The Kier molecular flexibility index (Phi) is 6.33. The maximum Gasteiger partial charge on any atom is 0.328 e. The average molecular weight is 483 g/mol. The lowest BCUT2D eigenvalue weighted by molar-refractivity contribution is -0.140. The molecule has 0 saturated carbocycles. The second kappa shape index (κ2) is 8.37. The minimum Gasteiger partial charge on any atom is -0.480 e. The Bertz CT molecular complexity index is 1230. The number of aromatic nitrogens is 1. The van der Waals surface area contributed by atoms with Crippen molar-refractivity contribution in [1.82, 2.24) is 4.98 Å². The number of aromatic amines is 1. The van der Waals surface area contributed by atoms with Crippen molar-refractivity contribution in [2.75, 3.05) is 4.31 Å². The minimum atomic E-state index is -4.32. The van der Waals surface area contributed by atoms with Gasteiger partial charge in [0.25, 0.3) is 10.0 Å². The molecule has 2 N–H and O–H groups in total. The molecule has 1 atom stereocenters. The second-order valence-corrected chi connectivity index (χ2v) is 11.1. The third-order valence-electron chi connectivity index (χ3n) is 5.07. The predicted molar refractivity (Wildman–Crippen MR) is 125 cm³/mol. The molecule has 1 heterocycles. The predicted octanol–water partition coefficient (Wildman–Crippen LogP) is 5.73. The molecule has 6 nitrogen and oxygen atoms in total. The highest BCUT2D eigenvalue weighted by molar-refractivity contribution is 7.93. The molecule has 0 bridgehead atoms. The fraction of sp³-hybridized carbons (Fsp3) is 0.318. The summed E-state index contributed by atoms with van der Waals surface area (Å²) in [5.74, 6) is -1.26. The number of aryl methyl sites for hydroxylation is 1. The van der Waals surface area contributed by atoms with Crippen molar-refractivity contribution >= 4 is 55.8 Å². The Morgan fingerprint density at radius 1 is 1.13 bits per heavy atom. The van der Waals surface area contributed by atoms with Crippen LogP contribution in [0.15, 0.2) is 47.5 Å². The number of hydrogen-bond donors (Lipinski definition) is 2. The van der Waals surface area contributed by atoms with Crippen LogP contribution >= 0.6 is 23.2 Å². The summed E-state index contributed by atoms with van der Waals surface area (Å²) in [7, 11) is -4.32. The number of fused-ring (bicyclic) bond motifs is 1. The van der Waals surface area contributed by atoms with Crippen LogP contribution in [-0.2, 0) is 21.2 Å². The number of nitrogens with one attached hydrogen (secondary N) is 1. The number of rotatable bonds is 6. The largest absolute Gasteiger partial charge is 0.480 e. The zero-order valence-corrected chi connectivity index (χ0v) is 19.9. The van der Waals surface area contributed by atoms with Gasteiger partial charge in [-0.25, -0.2) is 13.2 Å². The van der Waals surface area contributed by atoms with Crippen molar-refractivity contribution in [2.24, 2.45) is 5.41 Å². The number of carboxylic acids is 1. The maximum absolute atomic E-state index is 13.8. The molecule has 1 unspecified atom stereocenters. The van der Waals surface area contributed by atoms with E-state index in [1.165, 1.54) is 18.2 Å². The number of halogens is 2. The van der Waals surface area contributed by atoms with Crippen molar-refractivity contribution in [3.05, 3.63) is 58.2 Å². The molecule has 3 rings (SSSR count). The van der Waals surface area contributed by atoms with Crippen LogP contribution in [0.3, 0.4) is 0 Å². The van der Waals surface area contributed by atoms with Crippen molar-refractivity contribution in [3.8, 4) is 0 Å². The van der Waals surface area contributed by atoms with E-state index in [9.17, 15) is 18.3 Å². The van der Waals surface area contributed by atoms with E-state index in [1.807, 2.05) is 13.1 Å². The molecule has 0 aliphatic carbocycles. The monoisotopic (exact) mass is 482 g/mol. The van der Waals surface area contributed by atoms with Gasteiger partial charge in [-0.05, 0) is 53.8 Å². The zero-order chi connectivity index (χ0) is 23.1. The minimum absolute atomic E-state index is 0.142. The Balaban J connectivity index is 2.33. The highest BCUT2D eigenvalue weighted by Crippen LogP contribution is 2.37. The standard InChI is InChI=1S/C22H24Cl2N2O4S/c1-5-13-12-25-19-7-6-16(11-18(13)19)26(20(21(27)28)22(2,3)4)31(29,30)17-9-14(23)8-15(24)10-17/h6-12,20,25H,5H2,1-4H3,(H,27,28). The highest BCUT2D eigenvalue weighted by Gasteiger charge is 2.43. The lowest BCUT2D eigenvalue weighted by atomic mass is 9.86. The lowest BCUT2D eigenvalue weighted by Crippen LogP contribution is -2.52. The summed E-state index contributed by atoms with van der Waals surface area (Å²) in [4.78, 5) is 15.3. The van der Waals surface area contributed by atoms with Gasteiger partial charge in [-0.3, -0.25) is 4.31 Å². The first kappa shape index (κ1) is 23.4. The van der Waals surface area contributed by atoms with Gasteiger partial charge in [0.05, 0.1) is 10.6 Å². The molecule has 3 aromatic rings. The number of H-pyrrole nitrogens is 1. The molecule has 2 aromatic carbocycles. The Morgan fingerprint density at radius 2 is 1.74 bits per heavy atom. The SMILES string of the molecule is CCc1c[nH]c2ccc(N(C(C(=O)O)C(C)(C)C)S(=O)(=O)c3cc(Cl)cc(Cl)c3)cc12. The molecule has 9 heteroatoms. The normalized spacial score (nSPS) is 13.4. The smallest absolute Gasteiger partial charge is 0.328 e. The van der Waals surface area contributed by atoms with Crippen LogP contribution in [0.5, 0.6) is 0 Å². The van der Waals surface area contributed by atoms with E-state index in [4.69, 9.17) is 23.2 Å². The van der Waals surface area contributed by atoms with E-state index in [0.29, 0.717) is 0 Å². The van der Waals surface area contributed by atoms with Gasteiger partial charge in [0.2, 0.25) is 0 Å². The van der Waals surface area contributed by atoms with Gasteiger partial charge in [-0.1, -0.05) is 50.9 Å². The second-order valence-electron chi connectivity index (χ2n) is 8.41. The van der Waals surface area contributed by atoms with E-state index in [-0.39, 0.29) is 20.6 Å². The molecule has 31 heavy (non-hydrogen) atoms.